The largest absolute Gasteiger partial charge is 0.480 e. The maximum atomic E-state index is 12.6. The van der Waals surface area contributed by atoms with E-state index in [2.05, 4.69) is 4.72 Å². The van der Waals surface area contributed by atoms with Gasteiger partial charge in [-0.2, -0.15) is 4.72 Å². The van der Waals surface area contributed by atoms with E-state index in [0.29, 0.717) is 5.56 Å². The lowest BCUT2D eigenvalue weighted by atomic mass is 10.1. The smallest absolute Gasteiger partial charge is 0.326 e. The first-order valence-electron chi connectivity index (χ1n) is 7.31. The molecule has 134 valence electrons. The molecule has 0 unspecified atom stereocenters. The molecule has 0 radical (unpaired) electrons. The van der Waals surface area contributed by atoms with Crippen molar-refractivity contribution in [2.24, 2.45) is 7.05 Å². The topological polar surface area (TPSA) is 109 Å². The Balaban J connectivity index is 2.37. The van der Waals surface area contributed by atoms with Gasteiger partial charge in [0.25, 0.3) is 5.91 Å². The van der Waals surface area contributed by atoms with Crippen molar-refractivity contribution >= 4 is 21.9 Å². The summed E-state index contributed by atoms with van der Waals surface area (Å²) < 4.78 is 28.7. The third-order valence-corrected chi connectivity index (χ3v) is 4.96. The van der Waals surface area contributed by atoms with Crippen LogP contribution < -0.4 is 4.72 Å². The summed E-state index contributed by atoms with van der Waals surface area (Å²) in [5.41, 5.74) is 0.482. The van der Waals surface area contributed by atoms with Crippen molar-refractivity contribution in [1.29, 1.82) is 0 Å². The lowest BCUT2D eigenvalue weighted by molar-refractivity contribution is -0.139. The van der Waals surface area contributed by atoms with Crippen LogP contribution in [0.4, 0.5) is 0 Å². The molecule has 0 aliphatic rings. The summed E-state index contributed by atoms with van der Waals surface area (Å²) in [5, 5.41) is 9.36. The molecule has 0 spiro atoms. The third kappa shape index (κ3) is 4.06. The van der Waals surface area contributed by atoms with Crippen molar-refractivity contribution in [1.82, 2.24) is 14.2 Å². The first kappa shape index (κ1) is 18.7. The zero-order chi connectivity index (χ0) is 18.8. The summed E-state index contributed by atoms with van der Waals surface area (Å²) in [4.78, 5) is 24.7. The van der Waals surface area contributed by atoms with Gasteiger partial charge in [-0.3, -0.25) is 9.59 Å². The second kappa shape index (κ2) is 7.08. The van der Waals surface area contributed by atoms with E-state index in [1.807, 2.05) is 0 Å². The number of sulfonamides is 1. The van der Waals surface area contributed by atoms with Crippen LogP contribution in [0.25, 0.3) is 0 Å². The second-order valence-electron chi connectivity index (χ2n) is 5.67. The maximum Gasteiger partial charge on any atom is 0.326 e. The highest BCUT2D eigenvalue weighted by Crippen LogP contribution is 2.19. The van der Waals surface area contributed by atoms with Crippen LogP contribution in [0.3, 0.4) is 0 Å². The Labute approximate surface area is 145 Å². The van der Waals surface area contributed by atoms with Gasteiger partial charge in [-0.05, 0) is 11.6 Å². The number of rotatable bonds is 6. The Morgan fingerprint density at radius 1 is 1.20 bits per heavy atom. The molecule has 2 rings (SSSR count). The molecule has 8 nitrogen and oxygen atoms in total. The molecule has 1 aromatic heterocycles. The number of aliphatic carboxylic acids is 1. The molecule has 1 aromatic carbocycles. The van der Waals surface area contributed by atoms with E-state index in [-0.39, 0.29) is 16.5 Å². The molecule has 9 heteroatoms. The Morgan fingerprint density at radius 3 is 2.32 bits per heavy atom. The van der Waals surface area contributed by atoms with E-state index in [4.69, 9.17) is 0 Å². The lowest BCUT2D eigenvalue weighted by Crippen LogP contribution is -2.33. The summed E-state index contributed by atoms with van der Waals surface area (Å²) in [7, 11) is 0.514. The van der Waals surface area contributed by atoms with Crippen molar-refractivity contribution in [3.63, 3.8) is 0 Å². The number of hydrogen-bond acceptors (Lipinski definition) is 4. The van der Waals surface area contributed by atoms with Gasteiger partial charge in [0.15, 0.2) is 0 Å². The van der Waals surface area contributed by atoms with Crippen molar-refractivity contribution in [3.05, 3.63) is 53.9 Å². The second-order valence-corrected chi connectivity index (χ2v) is 7.39. The van der Waals surface area contributed by atoms with Crippen LogP contribution in [0.2, 0.25) is 0 Å². The average Bonchev–Trinajstić information content (AvgIpc) is 2.95. The summed E-state index contributed by atoms with van der Waals surface area (Å²) in [5.74, 6) is -1.68. The number of carboxylic acids is 1. The Morgan fingerprint density at radius 2 is 1.80 bits per heavy atom. The summed E-state index contributed by atoms with van der Waals surface area (Å²) in [6, 6.07) is 7.77. The highest BCUT2D eigenvalue weighted by atomic mass is 32.2. The number of benzene rings is 1. The third-order valence-electron chi connectivity index (χ3n) is 3.57. The normalized spacial score (nSPS) is 12.6. The van der Waals surface area contributed by atoms with E-state index in [1.54, 1.807) is 39.3 Å². The molecule has 0 aliphatic carbocycles. The van der Waals surface area contributed by atoms with Crippen LogP contribution >= 0.6 is 0 Å². The van der Waals surface area contributed by atoms with Gasteiger partial charge in [-0.15, -0.1) is 0 Å². The number of amides is 1. The van der Waals surface area contributed by atoms with Gasteiger partial charge in [0.1, 0.15) is 16.6 Å². The van der Waals surface area contributed by atoms with Gasteiger partial charge in [0, 0.05) is 27.3 Å². The van der Waals surface area contributed by atoms with Gasteiger partial charge in [-0.25, -0.2) is 8.42 Å². The molecule has 1 atom stereocenters. The van der Waals surface area contributed by atoms with Crippen LogP contribution in [-0.2, 0) is 21.9 Å². The first-order chi connectivity index (χ1) is 11.6. The predicted molar refractivity (Wildman–Crippen MR) is 90.6 cm³/mol. The number of nitrogens with one attached hydrogen (secondary N) is 1. The number of nitrogens with zero attached hydrogens (tertiary/aromatic N) is 2. The van der Waals surface area contributed by atoms with Gasteiger partial charge in [0.05, 0.1) is 0 Å². The van der Waals surface area contributed by atoms with E-state index < -0.39 is 22.0 Å². The molecule has 2 N–H and O–H groups in total. The minimum Gasteiger partial charge on any atom is -0.480 e. The van der Waals surface area contributed by atoms with Crippen LogP contribution in [0.1, 0.15) is 22.1 Å². The highest BCUT2D eigenvalue weighted by molar-refractivity contribution is 7.89. The van der Waals surface area contributed by atoms with Gasteiger partial charge < -0.3 is 14.6 Å². The zero-order valence-corrected chi connectivity index (χ0v) is 14.8. The number of carbonyl (C=O) groups excluding carboxylic acids is 1. The van der Waals surface area contributed by atoms with Crippen molar-refractivity contribution in [3.8, 4) is 0 Å². The fourth-order valence-electron chi connectivity index (χ4n) is 2.25. The molecular formula is C16H19N3O5S. The maximum absolute atomic E-state index is 12.6. The standard InChI is InChI=1S/C16H19N3O5S/c1-18(2)15(20)13-9-12(10-19(13)3)25(23,24)17-14(16(21)22)11-7-5-4-6-8-11/h4-10,14,17H,1-3H3,(H,21,22)/t14-/m1/s1. The van der Waals surface area contributed by atoms with Crippen molar-refractivity contribution in [2.75, 3.05) is 14.1 Å². The summed E-state index contributed by atoms with van der Waals surface area (Å²) >= 11 is 0. The van der Waals surface area contributed by atoms with E-state index >= 15 is 0 Å². The fraction of sp³-hybridized carbons (Fsp3) is 0.250. The van der Waals surface area contributed by atoms with E-state index in [0.717, 1.165) is 0 Å². The Bertz CT molecular complexity index is 888. The molecule has 0 bridgehead atoms. The summed E-state index contributed by atoms with van der Waals surface area (Å²) in [6.07, 6.45) is 1.27. The van der Waals surface area contributed by atoms with Gasteiger partial charge >= 0.3 is 5.97 Å². The number of carboxylic acid groups (broad SMARTS) is 1. The molecule has 0 aliphatic heterocycles. The van der Waals surface area contributed by atoms with Crippen LogP contribution in [0, 0.1) is 0 Å². The fourth-order valence-corrected chi connectivity index (χ4v) is 3.50. The van der Waals surface area contributed by atoms with E-state index in [9.17, 15) is 23.1 Å². The number of aryl methyl sites for hydroxylation is 1. The molecule has 2 aromatic rings. The van der Waals surface area contributed by atoms with Crippen molar-refractivity contribution in [2.45, 2.75) is 10.9 Å². The first-order valence-corrected chi connectivity index (χ1v) is 8.80. The predicted octanol–water partition coefficient (Wildman–Crippen LogP) is 0.831. The van der Waals surface area contributed by atoms with Gasteiger partial charge in [-0.1, -0.05) is 30.3 Å². The molecule has 0 fully saturated rings. The molecular weight excluding hydrogens is 346 g/mol. The molecule has 1 amide bonds. The van der Waals surface area contributed by atoms with Crippen LogP contribution in [-0.4, -0.2) is 49.0 Å². The van der Waals surface area contributed by atoms with Crippen LogP contribution in [0.5, 0.6) is 0 Å². The number of hydrogen-bond donors (Lipinski definition) is 2. The minimum atomic E-state index is -4.14. The monoisotopic (exact) mass is 365 g/mol. The van der Waals surface area contributed by atoms with Gasteiger partial charge in [0.2, 0.25) is 10.0 Å². The van der Waals surface area contributed by atoms with E-state index in [1.165, 1.54) is 33.9 Å². The average molecular weight is 365 g/mol. The summed E-state index contributed by atoms with van der Waals surface area (Å²) in [6.45, 7) is 0. The SMILES string of the molecule is CN(C)C(=O)c1cc(S(=O)(=O)N[C@@H](C(=O)O)c2ccccc2)cn1C. The quantitative estimate of drug-likeness (QED) is 0.788. The number of aromatic nitrogens is 1. The van der Waals surface area contributed by atoms with Crippen LogP contribution in [0.15, 0.2) is 47.5 Å². The molecule has 0 saturated carbocycles. The highest BCUT2D eigenvalue weighted by Gasteiger charge is 2.28. The number of carbonyl (C=O) groups is 2. The zero-order valence-electron chi connectivity index (χ0n) is 14.0. The molecule has 0 saturated heterocycles. The van der Waals surface area contributed by atoms with Crippen molar-refractivity contribution < 1.29 is 23.1 Å². The minimum absolute atomic E-state index is 0.178. The Kier molecular flexibility index (Phi) is 5.29. The Hall–Kier alpha value is -2.65. The lowest BCUT2D eigenvalue weighted by Gasteiger charge is -2.14. The molecule has 25 heavy (non-hydrogen) atoms. The molecule has 1 heterocycles.